The van der Waals surface area contributed by atoms with E-state index in [-0.39, 0.29) is 5.97 Å². The molecule has 1 aliphatic heterocycles. The number of esters is 1. The minimum Gasteiger partial charge on any atom is -0.458 e. The summed E-state index contributed by atoms with van der Waals surface area (Å²) < 4.78 is 5.44. The number of likely N-dealkylation sites (tertiary alicyclic amines) is 1. The Hall–Kier alpha value is -2.39. The summed E-state index contributed by atoms with van der Waals surface area (Å²) in [6.45, 7) is 3.58. The molecular formula is C22H25NO2. The van der Waals surface area contributed by atoms with Crippen LogP contribution in [0.25, 0.3) is 6.08 Å². The molecule has 1 fully saturated rings. The van der Waals surface area contributed by atoms with E-state index in [4.69, 9.17) is 4.74 Å². The van der Waals surface area contributed by atoms with Crippen LogP contribution in [0.4, 0.5) is 0 Å². The van der Waals surface area contributed by atoms with Crippen molar-refractivity contribution in [2.24, 2.45) is 0 Å². The molecule has 1 heterocycles. The first kappa shape index (κ1) is 17.4. The maximum atomic E-state index is 12.0. The first-order valence-electron chi connectivity index (χ1n) is 9.00. The lowest BCUT2D eigenvalue weighted by Gasteiger charge is -2.27. The Balaban J connectivity index is 1.55. The first-order valence-corrected chi connectivity index (χ1v) is 9.00. The van der Waals surface area contributed by atoms with Crippen LogP contribution >= 0.6 is 0 Å². The summed E-state index contributed by atoms with van der Waals surface area (Å²) in [6, 6.07) is 18.0. The number of ether oxygens (including phenoxy) is 1. The van der Waals surface area contributed by atoms with Gasteiger partial charge in [-0.25, -0.2) is 4.79 Å². The van der Waals surface area contributed by atoms with Gasteiger partial charge < -0.3 is 4.74 Å². The summed E-state index contributed by atoms with van der Waals surface area (Å²) in [5.74, 6) is -0.309. The standard InChI is InChI=1S/C22H25NO2/c24-22(14-13-19-9-3-1-4-10-19)25-18-21-12-6-5-11-20(21)17-23-15-7-2-8-16-23/h1,3-6,9-14H,2,7-8,15-18H2/b14-13+. The number of carbonyl (C=O) groups excluding carboxylic acids is 1. The number of rotatable bonds is 6. The quantitative estimate of drug-likeness (QED) is 0.578. The average Bonchev–Trinajstić information content (AvgIpc) is 2.67. The molecule has 0 unspecified atom stereocenters. The fourth-order valence-corrected chi connectivity index (χ4v) is 3.14. The predicted octanol–water partition coefficient (Wildman–Crippen LogP) is 4.43. The van der Waals surface area contributed by atoms with Gasteiger partial charge in [0.05, 0.1) is 0 Å². The molecule has 0 spiro atoms. The van der Waals surface area contributed by atoms with Crippen molar-refractivity contribution in [3.63, 3.8) is 0 Å². The molecule has 1 aliphatic rings. The molecule has 0 N–H and O–H groups in total. The summed E-state index contributed by atoms with van der Waals surface area (Å²) in [5.41, 5.74) is 3.34. The lowest BCUT2D eigenvalue weighted by Crippen LogP contribution is -2.29. The SMILES string of the molecule is O=C(/C=C/c1ccccc1)OCc1ccccc1CN1CCCCC1. The van der Waals surface area contributed by atoms with Crippen LogP contribution < -0.4 is 0 Å². The summed E-state index contributed by atoms with van der Waals surface area (Å²) >= 11 is 0. The minimum absolute atomic E-state index is 0.309. The molecule has 2 aromatic rings. The molecule has 0 aliphatic carbocycles. The third kappa shape index (κ3) is 5.57. The Morgan fingerprint density at radius 2 is 1.60 bits per heavy atom. The van der Waals surface area contributed by atoms with Crippen LogP contribution in [0.3, 0.4) is 0 Å². The highest BCUT2D eigenvalue weighted by Crippen LogP contribution is 2.17. The van der Waals surface area contributed by atoms with Gasteiger partial charge >= 0.3 is 5.97 Å². The molecule has 0 saturated carbocycles. The normalized spacial score (nSPS) is 15.4. The third-order valence-electron chi connectivity index (χ3n) is 4.54. The van der Waals surface area contributed by atoms with Crippen LogP contribution in [0.1, 0.15) is 36.0 Å². The molecule has 0 aromatic heterocycles. The van der Waals surface area contributed by atoms with E-state index < -0.39 is 0 Å². The smallest absolute Gasteiger partial charge is 0.331 e. The summed E-state index contributed by atoms with van der Waals surface area (Å²) in [5, 5.41) is 0. The molecule has 0 atom stereocenters. The van der Waals surface area contributed by atoms with Gasteiger partial charge in [-0.1, -0.05) is 61.0 Å². The summed E-state index contributed by atoms with van der Waals surface area (Å²) in [4.78, 5) is 14.5. The van der Waals surface area contributed by atoms with E-state index in [1.54, 1.807) is 6.08 Å². The van der Waals surface area contributed by atoms with Gasteiger partial charge in [0.15, 0.2) is 0 Å². The fourth-order valence-electron chi connectivity index (χ4n) is 3.14. The molecule has 3 heteroatoms. The Morgan fingerprint density at radius 3 is 2.36 bits per heavy atom. The average molecular weight is 335 g/mol. The van der Waals surface area contributed by atoms with Crippen molar-refractivity contribution >= 4 is 12.0 Å². The van der Waals surface area contributed by atoms with E-state index >= 15 is 0 Å². The van der Waals surface area contributed by atoms with Crippen LogP contribution in [0.15, 0.2) is 60.7 Å². The van der Waals surface area contributed by atoms with Crippen LogP contribution in [0, 0.1) is 0 Å². The number of carbonyl (C=O) groups is 1. The lowest BCUT2D eigenvalue weighted by atomic mass is 10.1. The second kappa shape index (κ2) is 9.19. The Morgan fingerprint density at radius 1 is 0.920 bits per heavy atom. The molecule has 130 valence electrons. The number of hydrogen-bond acceptors (Lipinski definition) is 3. The molecule has 2 aromatic carbocycles. The van der Waals surface area contributed by atoms with E-state index in [1.807, 2.05) is 42.5 Å². The van der Waals surface area contributed by atoms with E-state index in [2.05, 4.69) is 17.0 Å². The first-order chi connectivity index (χ1) is 12.3. The van der Waals surface area contributed by atoms with Crippen LogP contribution in [-0.4, -0.2) is 24.0 Å². The molecule has 0 radical (unpaired) electrons. The number of benzene rings is 2. The molecule has 25 heavy (non-hydrogen) atoms. The van der Waals surface area contributed by atoms with Crippen LogP contribution in [0.2, 0.25) is 0 Å². The van der Waals surface area contributed by atoms with Crippen molar-refractivity contribution < 1.29 is 9.53 Å². The zero-order valence-electron chi connectivity index (χ0n) is 14.6. The van der Waals surface area contributed by atoms with Gasteiger partial charge in [-0.2, -0.15) is 0 Å². The number of nitrogens with zero attached hydrogens (tertiary/aromatic N) is 1. The van der Waals surface area contributed by atoms with Gasteiger partial charge in [0.1, 0.15) is 6.61 Å². The van der Waals surface area contributed by atoms with E-state index in [1.165, 1.54) is 30.9 Å². The Kier molecular flexibility index (Phi) is 6.41. The van der Waals surface area contributed by atoms with Crippen molar-refractivity contribution in [3.05, 3.63) is 77.4 Å². The molecule has 3 rings (SSSR count). The zero-order valence-corrected chi connectivity index (χ0v) is 14.6. The maximum Gasteiger partial charge on any atom is 0.331 e. The zero-order chi connectivity index (χ0) is 17.3. The van der Waals surface area contributed by atoms with E-state index in [0.29, 0.717) is 6.61 Å². The van der Waals surface area contributed by atoms with Crippen molar-refractivity contribution in [2.45, 2.75) is 32.4 Å². The predicted molar refractivity (Wildman–Crippen MR) is 101 cm³/mol. The molecule has 0 bridgehead atoms. The molecule has 0 amide bonds. The summed E-state index contributed by atoms with van der Waals surface area (Å²) in [7, 11) is 0. The number of piperidine rings is 1. The van der Waals surface area contributed by atoms with Gasteiger partial charge in [-0.05, 0) is 48.7 Å². The van der Waals surface area contributed by atoms with Gasteiger partial charge in [0.2, 0.25) is 0 Å². The Labute approximate surface area is 149 Å². The van der Waals surface area contributed by atoms with Crippen molar-refractivity contribution in [1.82, 2.24) is 4.90 Å². The monoisotopic (exact) mass is 335 g/mol. The second-order valence-corrected chi connectivity index (χ2v) is 6.46. The van der Waals surface area contributed by atoms with Gasteiger partial charge in [0.25, 0.3) is 0 Å². The molecule has 1 saturated heterocycles. The summed E-state index contributed by atoms with van der Waals surface area (Å²) in [6.07, 6.45) is 7.16. The minimum atomic E-state index is -0.309. The van der Waals surface area contributed by atoms with E-state index in [9.17, 15) is 4.79 Å². The topological polar surface area (TPSA) is 29.5 Å². The lowest BCUT2D eigenvalue weighted by molar-refractivity contribution is -0.138. The fraction of sp³-hybridized carbons (Fsp3) is 0.318. The maximum absolute atomic E-state index is 12.0. The Bertz CT molecular complexity index is 703. The van der Waals surface area contributed by atoms with E-state index in [0.717, 1.165) is 30.8 Å². The van der Waals surface area contributed by atoms with Gasteiger partial charge in [0, 0.05) is 12.6 Å². The third-order valence-corrected chi connectivity index (χ3v) is 4.54. The molecule has 3 nitrogen and oxygen atoms in total. The van der Waals surface area contributed by atoms with Crippen LogP contribution in [0.5, 0.6) is 0 Å². The largest absolute Gasteiger partial charge is 0.458 e. The van der Waals surface area contributed by atoms with Crippen molar-refractivity contribution in [3.8, 4) is 0 Å². The van der Waals surface area contributed by atoms with Gasteiger partial charge in [-0.15, -0.1) is 0 Å². The number of hydrogen-bond donors (Lipinski definition) is 0. The second-order valence-electron chi connectivity index (χ2n) is 6.46. The molecular weight excluding hydrogens is 310 g/mol. The van der Waals surface area contributed by atoms with Crippen molar-refractivity contribution in [2.75, 3.05) is 13.1 Å². The highest BCUT2D eigenvalue weighted by molar-refractivity contribution is 5.87. The van der Waals surface area contributed by atoms with Crippen molar-refractivity contribution in [1.29, 1.82) is 0 Å². The highest BCUT2D eigenvalue weighted by atomic mass is 16.5. The highest BCUT2D eigenvalue weighted by Gasteiger charge is 2.12. The van der Waals surface area contributed by atoms with Crippen LogP contribution in [-0.2, 0) is 22.7 Å². The van der Waals surface area contributed by atoms with Gasteiger partial charge in [-0.3, -0.25) is 4.90 Å².